The van der Waals surface area contributed by atoms with E-state index in [1.165, 1.54) is 19.3 Å². The molecule has 0 atom stereocenters. The topological polar surface area (TPSA) is 40.1 Å². The first-order valence-corrected chi connectivity index (χ1v) is 4.32. The molecule has 0 radical (unpaired) electrons. The summed E-state index contributed by atoms with van der Waals surface area (Å²) in [5, 5.41) is 10.4. The maximum Gasteiger partial charge on any atom is 0.0419 e. The van der Waals surface area contributed by atoms with Crippen molar-refractivity contribution in [2.75, 3.05) is 0 Å². The monoisotopic (exact) mass is 155 g/mol. The first-order chi connectivity index (χ1) is 5.12. The standard InChI is InChI=1S/C9H16O2/c1-9(7-8(10)11)5-3-2-4-6-9/h2-7H2,1H3,(H,10,11)/p-1. The third-order valence-electron chi connectivity index (χ3n) is 2.63. The Bertz CT molecular complexity index is 146. The molecule has 1 fully saturated rings. The fourth-order valence-electron chi connectivity index (χ4n) is 1.93. The van der Waals surface area contributed by atoms with Gasteiger partial charge in [-0.05, 0) is 24.7 Å². The van der Waals surface area contributed by atoms with E-state index in [0.717, 1.165) is 12.8 Å². The van der Waals surface area contributed by atoms with Crippen molar-refractivity contribution in [2.24, 2.45) is 5.41 Å². The summed E-state index contributed by atoms with van der Waals surface area (Å²) < 4.78 is 0. The van der Waals surface area contributed by atoms with Crippen LogP contribution in [0, 0.1) is 5.41 Å². The van der Waals surface area contributed by atoms with E-state index in [1.807, 2.05) is 0 Å². The Hall–Kier alpha value is -0.530. The molecule has 0 N–H and O–H groups in total. The fraction of sp³-hybridized carbons (Fsp3) is 0.889. The van der Waals surface area contributed by atoms with Gasteiger partial charge in [0.05, 0.1) is 0 Å². The number of hydrogen-bond acceptors (Lipinski definition) is 2. The van der Waals surface area contributed by atoms with Gasteiger partial charge < -0.3 is 9.90 Å². The molecule has 0 bridgehead atoms. The van der Waals surface area contributed by atoms with Gasteiger partial charge in [-0.15, -0.1) is 0 Å². The van der Waals surface area contributed by atoms with Crippen LogP contribution in [0.15, 0.2) is 0 Å². The van der Waals surface area contributed by atoms with Gasteiger partial charge in [0.15, 0.2) is 0 Å². The molecule has 0 heterocycles. The average Bonchev–Trinajstić information content (AvgIpc) is 1.85. The van der Waals surface area contributed by atoms with E-state index < -0.39 is 5.97 Å². The predicted octanol–water partition coefficient (Wildman–Crippen LogP) is 1.10. The molecular weight excluding hydrogens is 140 g/mol. The van der Waals surface area contributed by atoms with Crippen molar-refractivity contribution in [2.45, 2.75) is 45.4 Å². The zero-order valence-electron chi connectivity index (χ0n) is 7.06. The summed E-state index contributed by atoms with van der Waals surface area (Å²) in [6.45, 7) is 2.06. The number of carboxylic acids is 1. The molecule has 0 spiro atoms. The van der Waals surface area contributed by atoms with Crippen LogP contribution in [0.4, 0.5) is 0 Å². The molecule has 0 aliphatic heterocycles. The minimum atomic E-state index is -0.894. The van der Waals surface area contributed by atoms with Gasteiger partial charge in [-0.1, -0.05) is 26.2 Å². The molecular formula is C9H15O2-. The number of aliphatic carboxylic acids is 1. The van der Waals surface area contributed by atoms with Crippen LogP contribution in [0.1, 0.15) is 45.4 Å². The number of hydrogen-bond donors (Lipinski definition) is 0. The van der Waals surface area contributed by atoms with Crippen LogP contribution < -0.4 is 5.11 Å². The highest BCUT2D eigenvalue weighted by Crippen LogP contribution is 2.38. The van der Waals surface area contributed by atoms with Crippen LogP contribution in [-0.4, -0.2) is 5.97 Å². The van der Waals surface area contributed by atoms with Crippen LogP contribution >= 0.6 is 0 Å². The highest BCUT2D eigenvalue weighted by Gasteiger charge is 2.26. The summed E-state index contributed by atoms with van der Waals surface area (Å²) in [7, 11) is 0. The summed E-state index contributed by atoms with van der Waals surface area (Å²) in [5.74, 6) is -0.894. The maximum absolute atomic E-state index is 10.4. The average molecular weight is 155 g/mol. The lowest BCUT2D eigenvalue weighted by atomic mass is 9.73. The van der Waals surface area contributed by atoms with Crippen molar-refractivity contribution in [3.63, 3.8) is 0 Å². The van der Waals surface area contributed by atoms with Gasteiger partial charge in [0, 0.05) is 5.97 Å². The maximum atomic E-state index is 10.4. The first-order valence-electron chi connectivity index (χ1n) is 4.32. The van der Waals surface area contributed by atoms with Gasteiger partial charge in [-0.2, -0.15) is 0 Å². The largest absolute Gasteiger partial charge is 0.550 e. The third kappa shape index (κ3) is 2.52. The second-order valence-electron chi connectivity index (χ2n) is 3.92. The Morgan fingerprint density at radius 2 is 1.91 bits per heavy atom. The molecule has 0 aromatic rings. The molecule has 1 saturated carbocycles. The summed E-state index contributed by atoms with van der Waals surface area (Å²) in [5.41, 5.74) is 0.0388. The lowest BCUT2D eigenvalue weighted by molar-refractivity contribution is -0.308. The molecule has 1 rings (SSSR count). The summed E-state index contributed by atoms with van der Waals surface area (Å²) in [6, 6.07) is 0. The predicted molar refractivity (Wildman–Crippen MR) is 40.8 cm³/mol. The normalized spacial score (nSPS) is 23.0. The van der Waals surface area contributed by atoms with Gasteiger partial charge in [0.2, 0.25) is 0 Å². The molecule has 0 unspecified atom stereocenters. The quantitative estimate of drug-likeness (QED) is 0.599. The molecule has 64 valence electrons. The zero-order chi connectivity index (χ0) is 8.32. The second kappa shape index (κ2) is 3.24. The van der Waals surface area contributed by atoms with Gasteiger partial charge in [-0.3, -0.25) is 0 Å². The highest BCUT2D eigenvalue weighted by atomic mass is 16.4. The van der Waals surface area contributed by atoms with Crippen molar-refractivity contribution in [3.8, 4) is 0 Å². The smallest absolute Gasteiger partial charge is 0.0419 e. The summed E-state index contributed by atoms with van der Waals surface area (Å²) in [4.78, 5) is 10.4. The minimum Gasteiger partial charge on any atom is -0.550 e. The lowest BCUT2D eigenvalue weighted by Crippen LogP contribution is -2.31. The van der Waals surface area contributed by atoms with Crippen molar-refractivity contribution >= 4 is 5.97 Å². The van der Waals surface area contributed by atoms with Gasteiger partial charge in [0.25, 0.3) is 0 Å². The Kier molecular flexibility index (Phi) is 2.53. The second-order valence-corrected chi connectivity index (χ2v) is 3.92. The van der Waals surface area contributed by atoms with Gasteiger partial charge in [-0.25, -0.2) is 0 Å². The molecule has 1 aliphatic rings. The summed E-state index contributed by atoms with van der Waals surface area (Å²) in [6.07, 6.45) is 5.99. The number of carboxylic acid groups (broad SMARTS) is 1. The molecule has 0 amide bonds. The Labute approximate surface area is 67.6 Å². The Morgan fingerprint density at radius 1 is 1.36 bits per heavy atom. The van der Waals surface area contributed by atoms with Gasteiger partial charge >= 0.3 is 0 Å². The molecule has 0 aromatic heterocycles. The third-order valence-corrected chi connectivity index (χ3v) is 2.63. The first kappa shape index (κ1) is 8.57. The number of carbonyl (C=O) groups is 1. The van der Waals surface area contributed by atoms with Crippen molar-refractivity contribution in [3.05, 3.63) is 0 Å². The SMILES string of the molecule is CC1(CC(=O)[O-])CCCCC1. The highest BCUT2D eigenvalue weighted by molar-refractivity contribution is 5.65. The zero-order valence-corrected chi connectivity index (χ0v) is 7.06. The molecule has 2 nitrogen and oxygen atoms in total. The Morgan fingerprint density at radius 3 is 2.36 bits per heavy atom. The van der Waals surface area contributed by atoms with E-state index in [4.69, 9.17) is 0 Å². The molecule has 1 aliphatic carbocycles. The van der Waals surface area contributed by atoms with E-state index >= 15 is 0 Å². The lowest BCUT2D eigenvalue weighted by Gasteiger charge is -2.33. The minimum absolute atomic E-state index is 0.0388. The molecule has 0 saturated heterocycles. The van der Waals surface area contributed by atoms with E-state index in [2.05, 4.69) is 6.92 Å². The summed E-state index contributed by atoms with van der Waals surface area (Å²) >= 11 is 0. The fourth-order valence-corrected chi connectivity index (χ4v) is 1.93. The number of carbonyl (C=O) groups excluding carboxylic acids is 1. The van der Waals surface area contributed by atoms with Gasteiger partial charge in [0.1, 0.15) is 0 Å². The van der Waals surface area contributed by atoms with E-state index in [9.17, 15) is 9.90 Å². The molecule has 2 heteroatoms. The molecule has 11 heavy (non-hydrogen) atoms. The van der Waals surface area contributed by atoms with Crippen molar-refractivity contribution in [1.29, 1.82) is 0 Å². The number of rotatable bonds is 2. The van der Waals surface area contributed by atoms with Crippen LogP contribution in [-0.2, 0) is 4.79 Å². The van der Waals surface area contributed by atoms with Crippen LogP contribution in [0.2, 0.25) is 0 Å². The van der Waals surface area contributed by atoms with E-state index in [-0.39, 0.29) is 11.8 Å². The molecule has 0 aromatic carbocycles. The van der Waals surface area contributed by atoms with Crippen LogP contribution in [0.25, 0.3) is 0 Å². The van der Waals surface area contributed by atoms with Crippen LogP contribution in [0.5, 0.6) is 0 Å². The van der Waals surface area contributed by atoms with Crippen LogP contribution in [0.3, 0.4) is 0 Å². The van der Waals surface area contributed by atoms with Crippen molar-refractivity contribution in [1.82, 2.24) is 0 Å². The van der Waals surface area contributed by atoms with E-state index in [1.54, 1.807) is 0 Å². The Balaban J connectivity index is 2.43. The van der Waals surface area contributed by atoms with Crippen molar-refractivity contribution < 1.29 is 9.90 Å². The van der Waals surface area contributed by atoms with E-state index in [0.29, 0.717) is 0 Å².